The molecule has 0 aromatic heterocycles. The van der Waals surface area contributed by atoms with E-state index in [0.29, 0.717) is 5.75 Å². The van der Waals surface area contributed by atoms with E-state index in [1.54, 1.807) is 6.92 Å². The number of carboxylic acids is 1. The van der Waals surface area contributed by atoms with E-state index in [9.17, 15) is 14.7 Å². The Labute approximate surface area is 113 Å². The summed E-state index contributed by atoms with van der Waals surface area (Å²) in [5.74, 6) is -1.27. The highest BCUT2D eigenvalue weighted by Crippen LogP contribution is 2.26. The van der Waals surface area contributed by atoms with Gasteiger partial charge in [-0.05, 0) is 24.6 Å². The van der Waals surface area contributed by atoms with Crippen molar-refractivity contribution in [2.45, 2.75) is 17.9 Å². The highest BCUT2D eigenvalue weighted by molar-refractivity contribution is 9.10. The SMILES string of the molecule is COc1ccc(C(O)C(=O)O)cc1C(=O)C(C)Br. The molecule has 0 saturated heterocycles. The van der Waals surface area contributed by atoms with E-state index >= 15 is 0 Å². The van der Waals surface area contributed by atoms with Crippen LogP contribution in [0, 0.1) is 0 Å². The highest BCUT2D eigenvalue weighted by Gasteiger charge is 2.22. The quantitative estimate of drug-likeness (QED) is 0.639. The van der Waals surface area contributed by atoms with Crippen LogP contribution in [0.4, 0.5) is 0 Å². The lowest BCUT2D eigenvalue weighted by molar-refractivity contribution is -0.146. The predicted molar refractivity (Wildman–Crippen MR) is 68.3 cm³/mol. The molecule has 2 N–H and O–H groups in total. The standard InChI is InChI=1S/C12H13BrO5/c1-6(13)10(14)8-5-7(11(15)12(16)17)3-4-9(8)18-2/h3-6,11,15H,1-2H3,(H,16,17). The second-order valence-electron chi connectivity index (χ2n) is 3.68. The van der Waals surface area contributed by atoms with Crippen LogP contribution in [0.5, 0.6) is 5.75 Å². The molecule has 1 rings (SSSR count). The number of rotatable bonds is 5. The molecule has 0 saturated carbocycles. The average Bonchev–Trinajstić information content (AvgIpc) is 2.35. The fourth-order valence-electron chi connectivity index (χ4n) is 1.45. The van der Waals surface area contributed by atoms with Gasteiger partial charge in [0.25, 0.3) is 0 Å². The number of hydrogen-bond acceptors (Lipinski definition) is 4. The first-order valence-corrected chi connectivity index (χ1v) is 6.07. The van der Waals surface area contributed by atoms with Gasteiger partial charge in [-0.15, -0.1) is 0 Å². The topological polar surface area (TPSA) is 83.8 Å². The largest absolute Gasteiger partial charge is 0.496 e. The highest BCUT2D eigenvalue weighted by atomic mass is 79.9. The van der Waals surface area contributed by atoms with Crippen molar-refractivity contribution in [3.63, 3.8) is 0 Å². The van der Waals surface area contributed by atoms with E-state index < -0.39 is 16.9 Å². The van der Waals surface area contributed by atoms with E-state index in [2.05, 4.69) is 15.9 Å². The lowest BCUT2D eigenvalue weighted by Gasteiger charge is -2.12. The van der Waals surface area contributed by atoms with E-state index in [0.717, 1.165) is 0 Å². The number of benzene rings is 1. The number of aliphatic carboxylic acids is 1. The number of carbonyl (C=O) groups is 2. The molecule has 6 heteroatoms. The van der Waals surface area contributed by atoms with Gasteiger partial charge in [0.15, 0.2) is 11.9 Å². The summed E-state index contributed by atoms with van der Waals surface area (Å²) in [4.78, 5) is 22.2. The van der Waals surface area contributed by atoms with Crippen LogP contribution in [-0.4, -0.2) is 33.9 Å². The zero-order chi connectivity index (χ0) is 13.9. The number of alkyl halides is 1. The van der Waals surface area contributed by atoms with Crippen molar-refractivity contribution in [2.75, 3.05) is 7.11 Å². The molecule has 0 amide bonds. The van der Waals surface area contributed by atoms with Gasteiger partial charge in [-0.25, -0.2) is 4.79 Å². The van der Waals surface area contributed by atoms with Crippen molar-refractivity contribution in [2.24, 2.45) is 0 Å². The number of ether oxygens (including phenoxy) is 1. The Kier molecular flexibility index (Phi) is 4.86. The Morgan fingerprint density at radius 1 is 1.39 bits per heavy atom. The third-order valence-corrected chi connectivity index (χ3v) is 2.82. The Morgan fingerprint density at radius 2 is 2.00 bits per heavy atom. The lowest BCUT2D eigenvalue weighted by Crippen LogP contribution is -2.15. The minimum absolute atomic E-state index is 0.139. The molecule has 1 aromatic rings. The minimum atomic E-state index is -1.66. The number of Topliss-reactive ketones (excluding diaryl/α,β-unsaturated/α-hetero) is 1. The Balaban J connectivity index is 3.25. The maximum atomic E-state index is 11.9. The number of ketones is 1. The molecule has 0 spiro atoms. The summed E-state index contributed by atoms with van der Waals surface area (Å²) >= 11 is 3.15. The first-order chi connectivity index (χ1) is 8.38. The Bertz CT molecular complexity index is 470. The van der Waals surface area contributed by atoms with Gasteiger partial charge >= 0.3 is 5.97 Å². The van der Waals surface area contributed by atoms with Crippen molar-refractivity contribution in [1.29, 1.82) is 0 Å². The molecule has 1 aromatic carbocycles. The van der Waals surface area contributed by atoms with Crippen LogP contribution in [0.2, 0.25) is 0 Å². The van der Waals surface area contributed by atoms with Crippen molar-refractivity contribution >= 4 is 27.7 Å². The Morgan fingerprint density at radius 3 is 2.44 bits per heavy atom. The first kappa shape index (κ1) is 14.7. The van der Waals surface area contributed by atoms with Crippen molar-refractivity contribution in [1.82, 2.24) is 0 Å². The molecule has 98 valence electrons. The fraction of sp³-hybridized carbons (Fsp3) is 0.333. The zero-order valence-corrected chi connectivity index (χ0v) is 11.5. The van der Waals surface area contributed by atoms with Gasteiger partial charge in [0.1, 0.15) is 5.75 Å². The molecule has 0 aliphatic carbocycles. The molecule has 18 heavy (non-hydrogen) atoms. The second kappa shape index (κ2) is 5.97. The van der Waals surface area contributed by atoms with E-state index in [1.165, 1.54) is 25.3 Å². The van der Waals surface area contributed by atoms with Crippen molar-refractivity contribution in [3.05, 3.63) is 29.3 Å². The summed E-state index contributed by atoms with van der Waals surface area (Å²) in [7, 11) is 1.41. The summed E-state index contributed by atoms with van der Waals surface area (Å²) in [6.45, 7) is 1.65. The number of aliphatic hydroxyl groups excluding tert-OH is 1. The molecule has 2 unspecified atom stereocenters. The van der Waals surface area contributed by atoms with Gasteiger partial charge in [0.2, 0.25) is 0 Å². The minimum Gasteiger partial charge on any atom is -0.496 e. The Hall–Kier alpha value is -1.40. The van der Waals surface area contributed by atoms with Gasteiger partial charge in [-0.2, -0.15) is 0 Å². The van der Waals surface area contributed by atoms with Crippen LogP contribution in [0.15, 0.2) is 18.2 Å². The number of methoxy groups -OCH3 is 1. The molecule has 0 aliphatic heterocycles. The van der Waals surface area contributed by atoms with E-state index in [1.807, 2.05) is 0 Å². The third-order valence-electron chi connectivity index (χ3n) is 2.40. The first-order valence-electron chi connectivity index (χ1n) is 5.15. The summed E-state index contributed by atoms with van der Waals surface area (Å²) in [5, 5.41) is 18.2. The summed E-state index contributed by atoms with van der Waals surface area (Å²) < 4.78 is 5.04. The van der Waals surface area contributed by atoms with E-state index in [-0.39, 0.29) is 16.9 Å². The summed E-state index contributed by atoms with van der Waals surface area (Å²) in [6, 6.07) is 4.20. The van der Waals surface area contributed by atoms with Gasteiger partial charge < -0.3 is 14.9 Å². The smallest absolute Gasteiger partial charge is 0.337 e. The molecule has 0 bridgehead atoms. The van der Waals surface area contributed by atoms with E-state index in [4.69, 9.17) is 9.84 Å². The molecular weight excluding hydrogens is 304 g/mol. The molecular formula is C12H13BrO5. The molecule has 0 heterocycles. The summed E-state index contributed by atoms with van der Waals surface area (Å²) in [6.07, 6.45) is -1.66. The van der Waals surface area contributed by atoms with Gasteiger partial charge in [-0.1, -0.05) is 22.0 Å². The lowest BCUT2D eigenvalue weighted by atomic mass is 10.0. The van der Waals surface area contributed by atoms with Crippen LogP contribution in [-0.2, 0) is 4.79 Å². The maximum absolute atomic E-state index is 11.9. The summed E-state index contributed by atoms with van der Waals surface area (Å²) in [5.41, 5.74) is 0.375. The second-order valence-corrected chi connectivity index (χ2v) is 5.05. The molecule has 2 atom stereocenters. The van der Waals surface area contributed by atoms with Crippen LogP contribution in [0.3, 0.4) is 0 Å². The fourth-order valence-corrected chi connectivity index (χ4v) is 1.69. The maximum Gasteiger partial charge on any atom is 0.337 e. The van der Waals surface area contributed by atoms with Crippen LogP contribution >= 0.6 is 15.9 Å². The monoisotopic (exact) mass is 316 g/mol. The van der Waals surface area contributed by atoms with Crippen molar-refractivity contribution < 1.29 is 24.5 Å². The zero-order valence-electron chi connectivity index (χ0n) is 9.88. The molecule has 0 fully saturated rings. The number of carboxylic acid groups (broad SMARTS) is 1. The number of hydrogen-bond donors (Lipinski definition) is 2. The normalized spacial score (nSPS) is 13.8. The van der Waals surface area contributed by atoms with Crippen molar-refractivity contribution in [3.8, 4) is 5.75 Å². The molecule has 5 nitrogen and oxygen atoms in total. The van der Waals surface area contributed by atoms with Crippen LogP contribution in [0.1, 0.15) is 28.9 Å². The average molecular weight is 317 g/mol. The number of carbonyl (C=O) groups excluding carboxylic acids is 1. The molecule has 0 radical (unpaired) electrons. The van der Waals surface area contributed by atoms with Gasteiger partial charge in [0.05, 0.1) is 17.5 Å². The van der Waals surface area contributed by atoms with Gasteiger partial charge in [-0.3, -0.25) is 4.79 Å². The predicted octanol–water partition coefficient (Wildman–Crippen LogP) is 1.78. The van der Waals surface area contributed by atoms with Crippen LogP contribution < -0.4 is 4.74 Å². The van der Waals surface area contributed by atoms with Gasteiger partial charge in [0, 0.05) is 0 Å². The number of halogens is 1. The molecule has 0 aliphatic rings. The third kappa shape index (κ3) is 3.08. The van der Waals surface area contributed by atoms with Crippen LogP contribution in [0.25, 0.3) is 0 Å². The number of aliphatic hydroxyl groups is 1.